The molecule has 3 amide bonds. The van der Waals surface area contributed by atoms with Gasteiger partial charge in [0.15, 0.2) is 0 Å². The summed E-state index contributed by atoms with van der Waals surface area (Å²) in [5, 5.41) is 3.26. The van der Waals surface area contributed by atoms with Gasteiger partial charge in [0, 0.05) is 36.9 Å². The SMILES string of the molecule is CC1(C(=O)NC2[C@@H]3CC4C[C@H]2CC(C(N)=O)(C4)C3)CCN(Cc2cccnc2)C1=O. The molecule has 0 radical (unpaired) electrons. The topological polar surface area (TPSA) is 105 Å². The van der Waals surface area contributed by atoms with Crippen LogP contribution in [0.3, 0.4) is 0 Å². The second-order valence-electron chi connectivity index (χ2n) is 10.3. The molecule has 30 heavy (non-hydrogen) atoms. The molecule has 5 aliphatic rings. The minimum atomic E-state index is -1.03. The molecule has 4 unspecified atom stereocenters. The summed E-state index contributed by atoms with van der Waals surface area (Å²) in [7, 11) is 0. The van der Waals surface area contributed by atoms with E-state index in [-0.39, 0.29) is 29.2 Å². The van der Waals surface area contributed by atoms with Crippen LogP contribution in [0.5, 0.6) is 0 Å². The summed E-state index contributed by atoms with van der Waals surface area (Å²) in [6, 6.07) is 3.85. The average molecular weight is 411 g/mol. The lowest BCUT2D eigenvalue weighted by Crippen LogP contribution is -2.63. The molecular weight excluding hydrogens is 380 g/mol. The Kier molecular flexibility index (Phi) is 4.42. The number of nitrogens with zero attached hydrogens (tertiary/aromatic N) is 2. The van der Waals surface area contributed by atoms with Crippen LogP contribution in [0.15, 0.2) is 24.5 Å². The number of nitrogens with one attached hydrogen (secondary N) is 1. The maximum Gasteiger partial charge on any atom is 0.238 e. The zero-order valence-electron chi connectivity index (χ0n) is 17.5. The van der Waals surface area contributed by atoms with Gasteiger partial charge in [-0.3, -0.25) is 19.4 Å². The Labute approximate surface area is 176 Å². The molecule has 7 heteroatoms. The van der Waals surface area contributed by atoms with Gasteiger partial charge in [0.1, 0.15) is 5.41 Å². The van der Waals surface area contributed by atoms with E-state index >= 15 is 0 Å². The van der Waals surface area contributed by atoms with Crippen LogP contribution in [0.4, 0.5) is 0 Å². The van der Waals surface area contributed by atoms with Gasteiger partial charge in [-0.25, -0.2) is 0 Å². The maximum atomic E-state index is 13.3. The number of amides is 3. The van der Waals surface area contributed by atoms with Crippen LogP contribution >= 0.6 is 0 Å². The standard InChI is InChI=1S/C23H30N4O3/c1-22(4-6-27(21(22)30)13-14-3-2-5-25-12-14)20(29)26-18-16-7-15-8-17(18)11-23(9-15,10-16)19(24)28/h2-3,5,12,15-18H,4,6-11,13H2,1H3,(H2,24,28)(H,26,29)/t15?,16-,17+,18?,22?,23?. The second kappa shape index (κ2) is 6.79. The minimum Gasteiger partial charge on any atom is -0.369 e. The molecule has 2 heterocycles. The van der Waals surface area contributed by atoms with Crippen molar-refractivity contribution in [3.8, 4) is 0 Å². The number of hydrogen-bond acceptors (Lipinski definition) is 4. The largest absolute Gasteiger partial charge is 0.369 e. The van der Waals surface area contributed by atoms with Gasteiger partial charge in [0.2, 0.25) is 17.7 Å². The smallest absolute Gasteiger partial charge is 0.238 e. The third-order valence-electron chi connectivity index (χ3n) is 8.33. The van der Waals surface area contributed by atoms with Crippen LogP contribution in [-0.2, 0) is 20.9 Å². The maximum absolute atomic E-state index is 13.3. The van der Waals surface area contributed by atoms with Gasteiger partial charge in [-0.05, 0) is 74.8 Å². The molecule has 6 atom stereocenters. The monoisotopic (exact) mass is 410 g/mol. The fourth-order valence-electron chi connectivity index (χ4n) is 6.86. The fraction of sp³-hybridized carbons (Fsp3) is 0.652. The van der Waals surface area contributed by atoms with Gasteiger partial charge in [-0.2, -0.15) is 0 Å². The first kappa shape index (κ1) is 19.5. The van der Waals surface area contributed by atoms with Crippen LogP contribution < -0.4 is 11.1 Å². The fourth-order valence-corrected chi connectivity index (χ4v) is 6.86. The van der Waals surface area contributed by atoms with Crippen molar-refractivity contribution in [2.24, 2.45) is 34.3 Å². The van der Waals surface area contributed by atoms with Crippen molar-refractivity contribution in [1.29, 1.82) is 0 Å². The van der Waals surface area contributed by atoms with Crippen molar-refractivity contribution in [3.63, 3.8) is 0 Å². The molecule has 7 nitrogen and oxygen atoms in total. The van der Waals surface area contributed by atoms with E-state index in [9.17, 15) is 14.4 Å². The van der Waals surface area contributed by atoms with Crippen LogP contribution in [0.2, 0.25) is 0 Å². The Hall–Kier alpha value is -2.44. The van der Waals surface area contributed by atoms with Crippen molar-refractivity contribution in [3.05, 3.63) is 30.1 Å². The summed E-state index contributed by atoms with van der Waals surface area (Å²) in [6.45, 7) is 2.82. The van der Waals surface area contributed by atoms with Crippen LogP contribution in [-0.4, -0.2) is 40.2 Å². The first-order valence-corrected chi connectivity index (χ1v) is 11.1. The number of aromatic nitrogens is 1. The van der Waals surface area contributed by atoms with Crippen LogP contribution in [0.25, 0.3) is 0 Å². The number of primary amides is 1. The molecule has 4 bridgehead atoms. The first-order valence-electron chi connectivity index (χ1n) is 11.1. The van der Waals surface area contributed by atoms with Crippen molar-refractivity contribution < 1.29 is 14.4 Å². The number of carbonyl (C=O) groups excluding carboxylic acids is 3. The molecule has 5 fully saturated rings. The quantitative estimate of drug-likeness (QED) is 0.720. The van der Waals surface area contributed by atoms with Crippen LogP contribution in [0, 0.1) is 28.6 Å². The molecule has 0 spiro atoms. The molecule has 4 saturated carbocycles. The highest BCUT2D eigenvalue weighted by atomic mass is 16.2. The van der Waals surface area contributed by atoms with E-state index in [1.54, 1.807) is 24.2 Å². The predicted molar refractivity (Wildman–Crippen MR) is 109 cm³/mol. The molecule has 6 rings (SSSR count). The van der Waals surface area contributed by atoms with Gasteiger partial charge in [0.05, 0.1) is 0 Å². The molecule has 1 aromatic rings. The van der Waals surface area contributed by atoms with Gasteiger partial charge < -0.3 is 16.0 Å². The lowest BCUT2D eigenvalue weighted by atomic mass is 9.47. The predicted octanol–water partition coefficient (Wildman–Crippen LogP) is 1.62. The van der Waals surface area contributed by atoms with Gasteiger partial charge in [-0.1, -0.05) is 6.07 Å². The van der Waals surface area contributed by atoms with E-state index < -0.39 is 5.41 Å². The minimum absolute atomic E-state index is 0.0542. The van der Waals surface area contributed by atoms with E-state index in [1.165, 1.54) is 0 Å². The second-order valence-corrected chi connectivity index (χ2v) is 10.3. The number of rotatable bonds is 5. The number of nitrogens with two attached hydrogens (primary N) is 1. The summed E-state index contributed by atoms with van der Waals surface area (Å²) in [5.41, 5.74) is 5.34. The van der Waals surface area contributed by atoms with Crippen molar-refractivity contribution >= 4 is 17.7 Å². The highest BCUT2D eigenvalue weighted by Crippen LogP contribution is 2.60. The molecule has 160 valence electrons. The summed E-state index contributed by atoms with van der Waals surface area (Å²) in [6.07, 6.45) is 8.55. The Morgan fingerprint density at radius 2 is 2.00 bits per heavy atom. The Balaban J connectivity index is 1.28. The average Bonchev–Trinajstić information content (AvgIpc) is 3.00. The Morgan fingerprint density at radius 1 is 1.27 bits per heavy atom. The summed E-state index contributed by atoms with van der Waals surface area (Å²) in [5.74, 6) is 0.684. The van der Waals surface area contributed by atoms with E-state index in [4.69, 9.17) is 5.73 Å². The Morgan fingerprint density at radius 3 is 2.63 bits per heavy atom. The molecule has 1 aromatic heterocycles. The number of carbonyl (C=O) groups is 3. The van der Waals surface area contributed by atoms with E-state index in [2.05, 4.69) is 10.3 Å². The number of pyridine rings is 1. The summed E-state index contributed by atoms with van der Waals surface area (Å²) < 4.78 is 0. The number of likely N-dealkylation sites (tertiary alicyclic amines) is 1. The van der Waals surface area contributed by atoms with Gasteiger partial charge in [-0.15, -0.1) is 0 Å². The number of hydrogen-bond donors (Lipinski definition) is 2. The van der Waals surface area contributed by atoms with Crippen LogP contribution in [0.1, 0.15) is 51.0 Å². The molecule has 0 aromatic carbocycles. The van der Waals surface area contributed by atoms with Gasteiger partial charge >= 0.3 is 0 Å². The summed E-state index contributed by atoms with van der Waals surface area (Å²) >= 11 is 0. The van der Waals surface area contributed by atoms with E-state index in [1.807, 2.05) is 12.1 Å². The third kappa shape index (κ3) is 2.93. The zero-order chi connectivity index (χ0) is 21.1. The van der Waals surface area contributed by atoms with Crippen molar-refractivity contribution in [2.75, 3.05) is 6.54 Å². The molecule has 1 aliphatic heterocycles. The highest BCUT2D eigenvalue weighted by molar-refractivity contribution is 6.06. The van der Waals surface area contributed by atoms with E-state index in [0.29, 0.717) is 37.3 Å². The molecule has 4 aliphatic carbocycles. The molecular formula is C23H30N4O3. The molecule has 3 N–H and O–H groups in total. The lowest BCUT2D eigenvalue weighted by Gasteiger charge is -2.59. The van der Waals surface area contributed by atoms with Crippen molar-refractivity contribution in [1.82, 2.24) is 15.2 Å². The lowest BCUT2D eigenvalue weighted by molar-refractivity contribution is -0.151. The third-order valence-corrected chi connectivity index (χ3v) is 8.33. The summed E-state index contributed by atoms with van der Waals surface area (Å²) in [4.78, 5) is 44.5. The first-order chi connectivity index (χ1) is 14.3. The normalized spacial score (nSPS) is 39.4. The molecule has 1 saturated heterocycles. The zero-order valence-corrected chi connectivity index (χ0v) is 17.5. The van der Waals surface area contributed by atoms with Gasteiger partial charge in [0.25, 0.3) is 0 Å². The van der Waals surface area contributed by atoms with Crippen molar-refractivity contribution in [2.45, 2.75) is 58.0 Å². The van der Waals surface area contributed by atoms with E-state index in [0.717, 1.165) is 37.7 Å². The Bertz CT molecular complexity index is 872. The highest BCUT2D eigenvalue weighted by Gasteiger charge is 2.59.